The number of ether oxygens (including phenoxy) is 1. The largest absolute Gasteiger partial charge is 0.492 e. The average Bonchev–Trinajstić information content (AvgIpc) is 3.57. The van der Waals surface area contributed by atoms with Crippen LogP contribution in [0.2, 0.25) is 5.02 Å². The molecule has 4 aromatic rings. The normalized spacial score (nSPS) is 14.8. The molecule has 0 radical (unpaired) electrons. The van der Waals surface area contributed by atoms with E-state index >= 15 is 0 Å². The van der Waals surface area contributed by atoms with E-state index in [1.54, 1.807) is 42.9 Å². The van der Waals surface area contributed by atoms with Crippen LogP contribution in [0.15, 0.2) is 85.3 Å². The molecule has 0 spiro atoms. The quantitative estimate of drug-likeness (QED) is 0.288. The molecule has 1 aliphatic heterocycles. The molecule has 1 fully saturated rings. The lowest BCUT2D eigenvalue weighted by molar-refractivity contribution is -0.127. The topological polar surface area (TPSA) is 100 Å². The van der Waals surface area contributed by atoms with Gasteiger partial charge in [-0.15, -0.1) is 0 Å². The van der Waals surface area contributed by atoms with E-state index in [2.05, 4.69) is 16.4 Å². The van der Waals surface area contributed by atoms with Crippen LogP contribution in [0.25, 0.3) is 0 Å². The average molecular weight is 554 g/mol. The minimum Gasteiger partial charge on any atom is -0.492 e. The van der Waals surface area contributed by atoms with Crippen molar-refractivity contribution in [3.63, 3.8) is 0 Å². The van der Waals surface area contributed by atoms with Gasteiger partial charge in [0, 0.05) is 42.8 Å². The van der Waals surface area contributed by atoms with E-state index in [-0.39, 0.29) is 11.8 Å². The summed E-state index contributed by atoms with van der Waals surface area (Å²) in [6, 6.07) is 24.0. The van der Waals surface area contributed by atoms with Crippen molar-refractivity contribution >= 4 is 23.4 Å². The first-order chi connectivity index (χ1) is 19.5. The number of halogens is 1. The summed E-state index contributed by atoms with van der Waals surface area (Å²) in [6.45, 7) is 1.75. The summed E-state index contributed by atoms with van der Waals surface area (Å²) in [5.41, 5.74) is 3.91. The standard InChI is InChI=1S/C31H28ClN5O3/c32-26-8-4-7-24(16-26)30(38)37-13-11-28(31(37)39)35-19-27-18-34-21-36(27)20-23-9-10-25(17-33)29(15-23)40-14-12-22-5-2-1-3-6-22/h1-10,15-16,18,21,28,35H,11-14,19-20H2/t28-/m0/s1. The Kier molecular flexibility index (Phi) is 8.55. The molecule has 1 aliphatic rings. The summed E-state index contributed by atoms with van der Waals surface area (Å²) < 4.78 is 7.96. The molecule has 0 saturated carbocycles. The van der Waals surface area contributed by atoms with Gasteiger partial charge in [-0.2, -0.15) is 5.26 Å². The number of hydrogen-bond donors (Lipinski definition) is 1. The molecule has 1 atom stereocenters. The first-order valence-electron chi connectivity index (χ1n) is 13.1. The van der Waals surface area contributed by atoms with Crippen molar-refractivity contribution in [2.75, 3.05) is 13.2 Å². The first-order valence-corrected chi connectivity index (χ1v) is 13.4. The van der Waals surface area contributed by atoms with Crippen molar-refractivity contribution in [3.05, 3.63) is 118 Å². The van der Waals surface area contributed by atoms with E-state index in [0.717, 1.165) is 17.7 Å². The summed E-state index contributed by atoms with van der Waals surface area (Å²) in [4.78, 5) is 31.4. The van der Waals surface area contributed by atoms with Crippen molar-refractivity contribution in [2.24, 2.45) is 0 Å². The highest BCUT2D eigenvalue weighted by Crippen LogP contribution is 2.22. The zero-order chi connectivity index (χ0) is 27.9. The fourth-order valence-electron chi connectivity index (χ4n) is 4.71. The van der Waals surface area contributed by atoms with Crippen LogP contribution in [0.1, 0.15) is 39.2 Å². The molecule has 40 heavy (non-hydrogen) atoms. The smallest absolute Gasteiger partial charge is 0.260 e. The van der Waals surface area contributed by atoms with Gasteiger partial charge in [0.2, 0.25) is 5.91 Å². The number of benzene rings is 3. The van der Waals surface area contributed by atoms with E-state index < -0.39 is 6.04 Å². The van der Waals surface area contributed by atoms with Crippen LogP contribution in [0.3, 0.4) is 0 Å². The van der Waals surface area contributed by atoms with Crippen LogP contribution >= 0.6 is 11.6 Å². The predicted octanol–water partition coefficient (Wildman–Crippen LogP) is 4.61. The highest BCUT2D eigenvalue weighted by molar-refractivity contribution is 6.31. The molecule has 3 aromatic carbocycles. The highest BCUT2D eigenvalue weighted by Gasteiger charge is 2.35. The second kappa shape index (κ2) is 12.6. The van der Waals surface area contributed by atoms with Crippen molar-refractivity contribution < 1.29 is 14.3 Å². The Hall–Kier alpha value is -4.45. The van der Waals surface area contributed by atoms with Gasteiger partial charge in [0.1, 0.15) is 11.8 Å². The molecule has 2 heterocycles. The molecule has 0 unspecified atom stereocenters. The lowest BCUT2D eigenvalue weighted by Gasteiger charge is -2.16. The van der Waals surface area contributed by atoms with E-state index in [4.69, 9.17) is 16.3 Å². The Morgan fingerprint density at radius 2 is 1.95 bits per heavy atom. The van der Waals surface area contributed by atoms with Crippen LogP contribution in [-0.4, -0.2) is 45.5 Å². The molecule has 9 heteroatoms. The number of carbonyl (C=O) groups excluding carboxylic acids is 2. The molecule has 0 aliphatic carbocycles. The number of nitriles is 1. The van der Waals surface area contributed by atoms with Gasteiger partial charge < -0.3 is 14.6 Å². The van der Waals surface area contributed by atoms with Gasteiger partial charge in [0.15, 0.2) is 0 Å². The maximum atomic E-state index is 13.0. The summed E-state index contributed by atoms with van der Waals surface area (Å²) in [5.74, 6) is -0.0402. The lowest BCUT2D eigenvalue weighted by atomic mass is 10.1. The van der Waals surface area contributed by atoms with Crippen LogP contribution in [0, 0.1) is 11.3 Å². The highest BCUT2D eigenvalue weighted by atomic mass is 35.5. The number of likely N-dealkylation sites (tertiary alicyclic amines) is 1. The molecular weight excluding hydrogens is 526 g/mol. The van der Waals surface area contributed by atoms with Crippen LogP contribution in [-0.2, 0) is 24.3 Å². The van der Waals surface area contributed by atoms with Crippen molar-refractivity contribution in [2.45, 2.75) is 32.0 Å². The number of amides is 2. The molecular formula is C31H28ClN5O3. The predicted molar refractivity (Wildman–Crippen MR) is 151 cm³/mol. The van der Waals surface area contributed by atoms with E-state index in [1.807, 2.05) is 47.0 Å². The summed E-state index contributed by atoms with van der Waals surface area (Å²) in [6.07, 6.45) is 4.76. The number of nitrogens with zero attached hydrogens (tertiary/aromatic N) is 4. The van der Waals surface area contributed by atoms with Gasteiger partial charge in [-0.1, -0.05) is 54.1 Å². The van der Waals surface area contributed by atoms with Gasteiger partial charge in [-0.3, -0.25) is 14.5 Å². The van der Waals surface area contributed by atoms with Gasteiger partial charge >= 0.3 is 0 Å². The van der Waals surface area contributed by atoms with Gasteiger partial charge in [-0.25, -0.2) is 4.98 Å². The fourth-order valence-corrected chi connectivity index (χ4v) is 4.90. The second-order valence-electron chi connectivity index (χ2n) is 9.57. The number of nitrogens with one attached hydrogen (secondary N) is 1. The van der Waals surface area contributed by atoms with Crippen LogP contribution in [0.5, 0.6) is 5.75 Å². The zero-order valence-electron chi connectivity index (χ0n) is 21.8. The minimum absolute atomic E-state index is 0.250. The molecule has 1 saturated heterocycles. The molecule has 8 nitrogen and oxygen atoms in total. The molecule has 202 valence electrons. The molecule has 2 amide bonds. The Morgan fingerprint density at radius 1 is 1.10 bits per heavy atom. The number of hydrogen-bond acceptors (Lipinski definition) is 6. The monoisotopic (exact) mass is 553 g/mol. The molecule has 5 rings (SSSR count). The third-order valence-corrected chi connectivity index (χ3v) is 7.10. The zero-order valence-corrected chi connectivity index (χ0v) is 22.6. The molecule has 0 bridgehead atoms. The Labute approximate surface area is 237 Å². The SMILES string of the molecule is N#Cc1ccc(Cn2cncc2CN[C@H]2CCN(C(=O)c3cccc(Cl)c3)C2=O)cc1OCCc1ccccc1. The summed E-state index contributed by atoms with van der Waals surface area (Å²) in [7, 11) is 0. The van der Waals surface area contributed by atoms with E-state index in [0.29, 0.717) is 54.6 Å². The number of carbonyl (C=O) groups is 2. The van der Waals surface area contributed by atoms with E-state index in [1.165, 1.54) is 10.5 Å². The number of aromatic nitrogens is 2. The lowest BCUT2D eigenvalue weighted by Crippen LogP contribution is -2.40. The second-order valence-corrected chi connectivity index (χ2v) is 10.0. The van der Waals surface area contributed by atoms with Crippen LogP contribution < -0.4 is 10.1 Å². The fraction of sp³-hybridized carbons (Fsp3) is 0.226. The summed E-state index contributed by atoms with van der Waals surface area (Å²) >= 11 is 6.01. The number of rotatable bonds is 10. The Bertz CT molecular complexity index is 1550. The molecule has 1 aromatic heterocycles. The maximum absolute atomic E-state index is 13.0. The number of imidazole rings is 1. The minimum atomic E-state index is -0.467. The van der Waals surface area contributed by atoms with Gasteiger partial charge in [0.05, 0.1) is 30.2 Å². The van der Waals surface area contributed by atoms with Crippen molar-refractivity contribution in [3.8, 4) is 11.8 Å². The number of imide groups is 1. The summed E-state index contributed by atoms with van der Waals surface area (Å²) in [5, 5.41) is 13.3. The molecule has 1 N–H and O–H groups in total. The van der Waals surface area contributed by atoms with Gasteiger partial charge in [-0.05, 0) is 47.9 Å². The first kappa shape index (κ1) is 27.1. The van der Waals surface area contributed by atoms with E-state index in [9.17, 15) is 14.9 Å². The maximum Gasteiger partial charge on any atom is 0.260 e. The Morgan fingerprint density at radius 3 is 2.75 bits per heavy atom. The Balaban J connectivity index is 1.19. The van der Waals surface area contributed by atoms with Crippen molar-refractivity contribution in [1.82, 2.24) is 19.8 Å². The third kappa shape index (κ3) is 6.40. The van der Waals surface area contributed by atoms with Gasteiger partial charge in [0.25, 0.3) is 5.91 Å². The van der Waals surface area contributed by atoms with Crippen molar-refractivity contribution in [1.29, 1.82) is 5.26 Å². The third-order valence-electron chi connectivity index (χ3n) is 6.86. The van der Waals surface area contributed by atoms with Crippen LogP contribution in [0.4, 0.5) is 0 Å².